The molecular formula is C40H45F2N3O3S. The van der Waals surface area contributed by atoms with E-state index in [0.29, 0.717) is 30.8 Å². The van der Waals surface area contributed by atoms with Gasteiger partial charge >= 0.3 is 0 Å². The molecule has 4 N–H and O–H groups in total. The summed E-state index contributed by atoms with van der Waals surface area (Å²) in [7, 11) is 0. The van der Waals surface area contributed by atoms with Crippen LogP contribution in [0.1, 0.15) is 51.2 Å². The van der Waals surface area contributed by atoms with Gasteiger partial charge in [-0.05, 0) is 85.0 Å². The van der Waals surface area contributed by atoms with E-state index in [2.05, 4.69) is 35.6 Å². The molecule has 3 atom stereocenters. The lowest BCUT2D eigenvalue weighted by atomic mass is 9.63. The highest BCUT2D eigenvalue weighted by Crippen LogP contribution is 2.44. The molecule has 0 spiro atoms. The van der Waals surface area contributed by atoms with Gasteiger partial charge in [0, 0.05) is 53.3 Å². The Hall–Kier alpha value is -4.18. The normalized spacial score (nSPS) is 17.3. The summed E-state index contributed by atoms with van der Waals surface area (Å²) in [5, 5.41) is 16.4. The Morgan fingerprint density at radius 2 is 1.69 bits per heavy atom. The molecule has 0 bridgehead atoms. The lowest BCUT2D eigenvalue weighted by molar-refractivity contribution is -0.132. The molecule has 1 aliphatic carbocycles. The molecule has 258 valence electrons. The Kier molecular flexibility index (Phi) is 11.8. The number of hydrogen-bond acceptors (Lipinski definition) is 5. The largest absolute Gasteiger partial charge is 0.391 e. The van der Waals surface area contributed by atoms with E-state index in [1.54, 1.807) is 35.3 Å². The van der Waals surface area contributed by atoms with Crippen LogP contribution in [0.15, 0.2) is 96.1 Å². The minimum atomic E-state index is -1.49. The van der Waals surface area contributed by atoms with E-state index in [-0.39, 0.29) is 30.9 Å². The van der Waals surface area contributed by atoms with Gasteiger partial charge in [0.25, 0.3) is 0 Å². The molecule has 0 radical (unpaired) electrons. The van der Waals surface area contributed by atoms with Crippen molar-refractivity contribution >= 4 is 33.2 Å². The number of carbonyl (C=O) groups is 2. The fraction of sp³-hybridized carbons (Fsp3) is 0.350. The fourth-order valence-electron chi connectivity index (χ4n) is 7.02. The maximum atomic E-state index is 14.4. The number of amides is 2. The zero-order valence-corrected chi connectivity index (χ0v) is 29.2. The van der Waals surface area contributed by atoms with Crippen molar-refractivity contribution in [3.05, 3.63) is 119 Å². The zero-order chi connectivity index (χ0) is 35.1. The molecule has 1 aliphatic rings. The molecule has 0 saturated heterocycles. The molecule has 1 aromatic heterocycles. The number of thiophene rings is 1. The van der Waals surface area contributed by atoms with Crippen LogP contribution in [-0.2, 0) is 22.6 Å². The van der Waals surface area contributed by atoms with Crippen LogP contribution in [0.25, 0.3) is 20.5 Å². The average Bonchev–Trinajstić information content (AvgIpc) is 3.51. The molecule has 6 nitrogen and oxygen atoms in total. The molecule has 0 fully saturated rings. The SMILES string of the molecule is CCCN(CCC)C(=O)C1=CC(C)=CC(C(N)=O)([C@H](Cc2cc(F)cc(F)c2)[C@@H](O)CNCc2cccc(-c3cc4ccccc4s3)c2)C1. The summed E-state index contributed by atoms with van der Waals surface area (Å²) >= 11 is 1.73. The van der Waals surface area contributed by atoms with Crippen molar-refractivity contribution in [2.24, 2.45) is 17.1 Å². The molecule has 5 rings (SSSR count). The van der Waals surface area contributed by atoms with Gasteiger partial charge < -0.3 is 21.1 Å². The smallest absolute Gasteiger partial charge is 0.249 e. The van der Waals surface area contributed by atoms with Crippen LogP contribution in [0.3, 0.4) is 0 Å². The van der Waals surface area contributed by atoms with E-state index in [0.717, 1.165) is 34.9 Å². The molecular weight excluding hydrogens is 641 g/mol. The van der Waals surface area contributed by atoms with Gasteiger partial charge in [-0.3, -0.25) is 9.59 Å². The summed E-state index contributed by atoms with van der Waals surface area (Å²) in [6, 6.07) is 21.8. The van der Waals surface area contributed by atoms with E-state index < -0.39 is 35.0 Å². The molecule has 9 heteroatoms. The molecule has 0 aliphatic heterocycles. The van der Waals surface area contributed by atoms with Gasteiger partial charge in [0.1, 0.15) is 11.6 Å². The second kappa shape index (κ2) is 16.0. The van der Waals surface area contributed by atoms with Crippen molar-refractivity contribution in [1.29, 1.82) is 0 Å². The zero-order valence-electron chi connectivity index (χ0n) is 28.3. The van der Waals surface area contributed by atoms with Gasteiger partial charge in [0.2, 0.25) is 11.8 Å². The number of nitrogens with two attached hydrogens (primary N) is 1. The topological polar surface area (TPSA) is 95.7 Å². The number of nitrogens with zero attached hydrogens (tertiary/aromatic N) is 1. The van der Waals surface area contributed by atoms with E-state index in [1.165, 1.54) is 22.2 Å². The number of primary amides is 1. The van der Waals surface area contributed by atoms with E-state index in [9.17, 15) is 23.5 Å². The molecule has 1 heterocycles. The van der Waals surface area contributed by atoms with Gasteiger partial charge in [-0.15, -0.1) is 11.3 Å². The second-order valence-corrected chi connectivity index (χ2v) is 14.2. The summed E-state index contributed by atoms with van der Waals surface area (Å²) in [6.07, 6.45) is 3.81. The Morgan fingerprint density at radius 1 is 0.980 bits per heavy atom. The molecule has 3 aromatic carbocycles. The first-order chi connectivity index (χ1) is 23.5. The summed E-state index contributed by atoms with van der Waals surface area (Å²) in [6.45, 7) is 7.44. The van der Waals surface area contributed by atoms with Gasteiger partial charge in [-0.25, -0.2) is 8.78 Å². The third-order valence-electron chi connectivity index (χ3n) is 9.20. The highest BCUT2D eigenvalue weighted by Gasteiger charge is 2.48. The quantitative estimate of drug-likeness (QED) is 0.120. The molecule has 2 amide bonds. The minimum absolute atomic E-state index is 0.0286. The number of fused-ring (bicyclic) bond motifs is 1. The minimum Gasteiger partial charge on any atom is -0.391 e. The van der Waals surface area contributed by atoms with Crippen molar-refractivity contribution < 1.29 is 23.5 Å². The number of hydrogen-bond donors (Lipinski definition) is 3. The summed E-state index contributed by atoms with van der Waals surface area (Å²) < 4.78 is 30.0. The van der Waals surface area contributed by atoms with Crippen LogP contribution < -0.4 is 11.1 Å². The third-order valence-corrected chi connectivity index (χ3v) is 10.4. The summed E-state index contributed by atoms with van der Waals surface area (Å²) in [5.41, 5.74) is 8.16. The Bertz CT molecular complexity index is 1810. The molecule has 49 heavy (non-hydrogen) atoms. The first-order valence-corrected chi connectivity index (χ1v) is 17.8. The number of aliphatic hydroxyl groups excluding tert-OH is 1. The molecule has 4 aromatic rings. The lowest BCUT2D eigenvalue weighted by Gasteiger charge is -2.42. The van der Waals surface area contributed by atoms with Gasteiger partial charge in [-0.1, -0.05) is 68.0 Å². The summed E-state index contributed by atoms with van der Waals surface area (Å²) in [5.74, 6) is -3.30. The van der Waals surface area contributed by atoms with Gasteiger partial charge in [-0.2, -0.15) is 0 Å². The maximum Gasteiger partial charge on any atom is 0.249 e. The third kappa shape index (κ3) is 8.52. The van der Waals surface area contributed by atoms with Crippen molar-refractivity contribution in [2.45, 2.75) is 59.1 Å². The van der Waals surface area contributed by atoms with E-state index in [4.69, 9.17) is 5.73 Å². The van der Waals surface area contributed by atoms with E-state index >= 15 is 0 Å². The summed E-state index contributed by atoms with van der Waals surface area (Å²) in [4.78, 5) is 30.3. The fourth-order valence-corrected chi connectivity index (χ4v) is 8.08. The Morgan fingerprint density at radius 3 is 2.37 bits per heavy atom. The van der Waals surface area contributed by atoms with Crippen molar-refractivity contribution in [3.8, 4) is 10.4 Å². The standard InChI is InChI=1S/C40H45F2N3O3S/c1-4-13-45(14-5-2)38(47)31-15-26(3)22-40(23-31,39(43)48)34(19-28-17-32(41)21-33(42)18-28)35(46)25-44-24-27-9-8-11-29(16-27)37-20-30-10-6-7-12-36(30)49-37/h6-12,15-18,20-22,34-35,44,46H,4-5,13-14,19,23-25H2,1-3H3,(H2,43,48)/t34-,35+,40?/m1/s1. The number of halogens is 2. The van der Waals surface area contributed by atoms with Crippen LogP contribution in [0.5, 0.6) is 0 Å². The van der Waals surface area contributed by atoms with Gasteiger partial charge in [0.15, 0.2) is 0 Å². The van der Waals surface area contributed by atoms with Gasteiger partial charge in [0.05, 0.1) is 11.5 Å². The monoisotopic (exact) mass is 685 g/mol. The number of benzene rings is 3. The highest BCUT2D eigenvalue weighted by molar-refractivity contribution is 7.22. The van der Waals surface area contributed by atoms with Crippen LogP contribution in [0.4, 0.5) is 8.78 Å². The number of carbonyl (C=O) groups excluding carboxylic acids is 2. The predicted octanol–water partition coefficient (Wildman–Crippen LogP) is 7.55. The number of rotatable bonds is 15. The predicted molar refractivity (Wildman–Crippen MR) is 194 cm³/mol. The number of nitrogens with one attached hydrogen (secondary N) is 1. The Labute approximate surface area is 291 Å². The first kappa shape index (κ1) is 36.1. The van der Waals surface area contributed by atoms with Crippen LogP contribution in [-0.4, -0.2) is 47.6 Å². The number of allylic oxidation sites excluding steroid dienone is 2. The van der Waals surface area contributed by atoms with Crippen molar-refractivity contribution in [2.75, 3.05) is 19.6 Å². The Balaban J connectivity index is 1.41. The highest BCUT2D eigenvalue weighted by atomic mass is 32.1. The van der Waals surface area contributed by atoms with E-state index in [1.807, 2.05) is 38.1 Å². The first-order valence-electron chi connectivity index (χ1n) is 16.9. The van der Waals surface area contributed by atoms with Crippen LogP contribution in [0, 0.1) is 23.0 Å². The lowest BCUT2D eigenvalue weighted by Crippen LogP contribution is -2.51. The second-order valence-electron chi connectivity index (χ2n) is 13.1. The van der Waals surface area contributed by atoms with Crippen molar-refractivity contribution in [3.63, 3.8) is 0 Å². The maximum absolute atomic E-state index is 14.4. The van der Waals surface area contributed by atoms with Crippen molar-refractivity contribution in [1.82, 2.24) is 10.2 Å². The number of aliphatic hydroxyl groups is 1. The average molecular weight is 686 g/mol. The molecule has 0 saturated carbocycles. The molecule has 1 unspecified atom stereocenters. The van der Waals surface area contributed by atoms with Crippen LogP contribution >= 0.6 is 11.3 Å². The van der Waals surface area contributed by atoms with Crippen LogP contribution in [0.2, 0.25) is 0 Å².